The van der Waals surface area contributed by atoms with Gasteiger partial charge in [0.1, 0.15) is 10.5 Å². The molecule has 2 fully saturated rings. The lowest BCUT2D eigenvalue weighted by molar-refractivity contribution is -0.119. The van der Waals surface area contributed by atoms with Crippen LogP contribution in [-0.2, 0) is 17.9 Å². The van der Waals surface area contributed by atoms with E-state index in [0.717, 1.165) is 81.9 Å². The molecule has 5 aromatic rings. The maximum Gasteiger partial charge on any atom is 0.220 e. The van der Waals surface area contributed by atoms with E-state index in [4.69, 9.17) is 37.9 Å². The molecular weight excluding hydrogens is 703 g/mol. The number of rotatable bonds is 11. The van der Waals surface area contributed by atoms with E-state index in [-0.39, 0.29) is 17.9 Å². The molecule has 10 nitrogen and oxygen atoms in total. The van der Waals surface area contributed by atoms with Gasteiger partial charge in [-0.1, -0.05) is 53.5 Å². The second kappa shape index (κ2) is 15.5. The van der Waals surface area contributed by atoms with E-state index in [1.54, 1.807) is 24.6 Å². The molecule has 2 saturated heterocycles. The highest BCUT2D eigenvalue weighted by molar-refractivity contribution is 7.18. The number of benzene rings is 2. The molecule has 0 aliphatic carbocycles. The fourth-order valence-corrected chi connectivity index (χ4v) is 8.37. The highest BCUT2D eigenvalue weighted by Crippen LogP contribution is 2.42. The Bertz CT molecular complexity index is 2130. The summed E-state index contributed by atoms with van der Waals surface area (Å²) in [5.74, 6) is 1.41. The number of hydrogen-bond acceptors (Lipinski definition) is 10. The summed E-state index contributed by atoms with van der Waals surface area (Å²) in [6.07, 6.45) is 4.99. The van der Waals surface area contributed by atoms with Gasteiger partial charge in [-0.2, -0.15) is 5.26 Å². The quantitative estimate of drug-likeness (QED) is 0.124. The van der Waals surface area contributed by atoms with Crippen LogP contribution in [0.3, 0.4) is 0 Å². The number of carbonyl (C=O) groups excluding carboxylic acids is 1. The Labute approximate surface area is 311 Å². The van der Waals surface area contributed by atoms with Gasteiger partial charge < -0.3 is 20.7 Å². The molecule has 2 aliphatic rings. The van der Waals surface area contributed by atoms with Crippen LogP contribution in [0.5, 0.6) is 5.88 Å². The van der Waals surface area contributed by atoms with Gasteiger partial charge in [0.25, 0.3) is 0 Å². The lowest BCUT2D eigenvalue weighted by Crippen LogP contribution is -2.35. The third kappa shape index (κ3) is 7.66. The largest absolute Gasteiger partial charge is 0.481 e. The van der Waals surface area contributed by atoms with Gasteiger partial charge in [-0.05, 0) is 63.0 Å². The number of pyridine rings is 2. The van der Waals surface area contributed by atoms with Crippen LogP contribution in [-0.4, -0.2) is 58.5 Å². The molecule has 2 aliphatic heterocycles. The van der Waals surface area contributed by atoms with Crippen LogP contribution in [0.4, 0.5) is 11.5 Å². The molecule has 51 heavy (non-hydrogen) atoms. The minimum absolute atomic E-state index is 0.102. The van der Waals surface area contributed by atoms with E-state index in [2.05, 4.69) is 31.9 Å². The van der Waals surface area contributed by atoms with Crippen molar-refractivity contribution in [1.29, 1.82) is 5.26 Å². The predicted octanol–water partition coefficient (Wildman–Crippen LogP) is 7.89. The van der Waals surface area contributed by atoms with E-state index < -0.39 is 0 Å². The molecule has 3 N–H and O–H groups in total. The number of thiazole rings is 1. The number of aryl methyl sites for hydroxylation is 1. The molecule has 3 aromatic heterocycles. The van der Waals surface area contributed by atoms with Crippen molar-refractivity contribution < 1.29 is 9.53 Å². The molecule has 1 unspecified atom stereocenters. The first-order valence-corrected chi connectivity index (χ1v) is 18.6. The number of likely N-dealkylation sites (tertiary alicyclic amines) is 1. The molecule has 1 atom stereocenters. The molecule has 262 valence electrons. The summed E-state index contributed by atoms with van der Waals surface area (Å²) in [5, 5.41) is 21.2. The molecule has 0 radical (unpaired) electrons. The average molecular weight is 742 g/mol. The molecule has 13 heteroatoms. The van der Waals surface area contributed by atoms with Crippen LogP contribution < -0.4 is 20.7 Å². The van der Waals surface area contributed by atoms with E-state index in [1.165, 1.54) is 0 Å². The fourth-order valence-electron chi connectivity index (χ4n) is 6.77. The van der Waals surface area contributed by atoms with E-state index in [1.807, 2.05) is 55.5 Å². The number of hydrogen-bond donors (Lipinski definition) is 3. The van der Waals surface area contributed by atoms with Crippen LogP contribution in [0, 0.1) is 24.2 Å². The van der Waals surface area contributed by atoms with Crippen molar-refractivity contribution in [3.05, 3.63) is 80.9 Å². The first kappa shape index (κ1) is 35.1. The summed E-state index contributed by atoms with van der Waals surface area (Å²) < 4.78 is 6.78. The number of piperidine rings is 1. The number of amides is 1. The van der Waals surface area contributed by atoms with Crippen molar-refractivity contribution in [2.24, 2.45) is 5.92 Å². The first-order valence-electron chi connectivity index (χ1n) is 17.1. The molecule has 0 saturated carbocycles. The summed E-state index contributed by atoms with van der Waals surface area (Å²) in [7, 11) is 1.62. The maximum atomic E-state index is 11.6. The standard InChI is InChI=1S/C38H38Cl2N8O2S/c1-22-17-30(46-38(50-2)28(22)20-42-19-24-9-10-32(49)44-24)27-7-3-5-25(34(27)39)26-6-4-8-29(35(26)40)45-37-36-31(11-14-43-37)51-33(47-36)21-48-15-12-23(18-41)13-16-48/h3-8,11,14,17,23-24,42H,9-10,12-13,15-16,19-21H2,1-2H3,(H,43,45)(H,44,49). The third-order valence-electron chi connectivity index (χ3n) is 9.58. The first-order chi connectivity index (χ1) is 24.8. The summed E-state index contributed by atoms with van der Waals surface area (Å²) in [6, 6.07) is 18.2. The summed E-state index contributed by atoms with van der Waals surface area (Å²) in [4.78, 5) is 28.4. The lowest BCUT2D eigenvalue weighted by atomic mass is 9.99. The summed E-state index contributed by atoms with van der Waals surface area (Å²) in [6.45, 7) is 5.83. The number of nitriles is 1. The highest BCUT2D eigenvalue weighted by atomic mass is 35.5. The number of nitrogens with one attached hydrogen (secondary N) is 3. The molecule has 1 amide bonds. The SMILES string of the molecule is COc1nc(-c2cccc(-c3cccc(Nc4nccc5sc(CN6CCC(C#N)CC6)nc45)c3Cl)c2Cl)cc(C)c1CNCC1CCC(=O)N1. The van der Waals surface area contributed by atoms with Crippen molar-refractivity contribution in [2.45, 2.75) is 51.7 Å². The summed E-state index contributed by atoms with van der Waals surface area (Å²) in [5.41, 5.74) is 6.45. The molecule has 0 bridgehead atoms. The Balaban J connectivity index is 1.11. The number of anilines is 2. The molecule has 2 aromatic carbocycles. The van der Waals surface area contributed by atoms with Gasteiger partial charge in [0, 0.05) is 59.9 Å². The Morgan fingerprint density at radius 1 is 1.06 bits per heavy atom. The predicted molar refractivity (Wildman–Crippen MR) is 204 cm³/mol. The zero-order valence-corrected chi connectivity index (χ0v) is 30.8. The Morgan fingerprint density at radius 3 is 2.57 bits per heavy atom. The van der Waals surface area contributed by atoms with Gasteiger partial charge in [-0.25, -0.2) is 15.0 Å². The third-order valence-corrected chi connectivity index (χ3v) is 11.4. The number of methoxy groups -OCH3 is 1. The minimum atomic E-state index is 0.102. The second-order valence-electron chi connectivity index (χ2n) is 13.0. The molecular formula is C38H38Cl2N8O2S. The Kier molecular flexibility index (Phi) is 10.7. The number of fused-ring (bicyclic) bond motifs is 1. The van der Waals surface area contributed by atoms with Gasteiger partial charge in [0.15, 0.2) is 5.82 Å². The van der Waals surface area contributed by atoms with Gasteiger partial charge in [-0.15, -0.1) is 11.3 Å². The number of halogens is 2. The molecule has 7 rings (SSSR count). The van der Waals surface area contributed by atoms with Crippen LogP contribution in [0.2, 0.25) is 10.0 Å². The normalized spacial score (nSPS) is 16.7. The van der Waals surface area contributed by atoms with Gasteiger partial charge >= 0.3 is 0 Å². The second-order valence-corrected chi connectivity index (χ2v) is 14.9. The summed E-state index contributed by atoms with van der Waals surface area (Å²) >= 11 is 15.9. The van der Waals surface area contributed by atoms with Gasteiger partial charge in [0.05, 0.1) is 45.9 Å². The molecule has 0 spiro atoms. The number of carbonyl (C=O) groups is 1. The highest BCUT2D eigenvalue weighted by Gasteiger charge is 2.23. The maximum absolute atomic E-state index is 11.6. The van der Waals surface area contributed by atoms with Gasteiger partial charge in [-0.3, -0.25) is 9.69 Å². The Hall–Kier alpha value is -4.31. The van der Waals surface area contributed by atoms with Crippen molar-refractivity contribution in [2.75, 3.05) is 32.1 Å². The average Bonchev–Trinajstić information content (AvgIpc) is 3.75. The Morgan fingerprint density at radius 2 is 1.82 bits per heavy atom. The molecule has 5 heterocycles. The fraction of sp³-hybridized carbons (Fsp3) is 0.342. The zero-order chi connectivity index (χ0) is 35.5. The van der Waals surface area contributed by atoms with Crippen LogP contribution >= 0.6 is 34.5 Å². The van der Waals surface area contributed by atoms with Crippen molar-refractivity contribution in [3.8, 4) is 34.3 Å². The van der Waals surface area contributed by atoms with E-state index in [9.17, 15) is 10.1 Å². The number of nitrogens with zero attached hydrogens (tertiary/aromatic N) is 5. The lowest BCUT2D eigenvalue weighted by Gasteiger charge is -2.27. The number of ether oxygens (including phenoxy) is 1. The van der Waals surface area contributed by atoms with Crippen molar-refractivity contribution >= 4 is 62.2 Å². The minimum Gasteiger partial charge on any atom is -0.481 e. The van der Waals surface area contributed by atoms with Crippen LogP contribution in [0.1, 0.15) is 41.8 Å². The monoisotopic (exact) mass is 740 g/mol. The number of aromatic nitrogens is 3. The van der Waals surface area contributed by atoms with Crippen LogP contribution in [0.15, 0.2) is 54.7 Å². The zero-order valence-electron chi connectivity index (χ0n) is 28.4. The van der Waals surface area contributed by atoms with E-state index >= 15 is 0 Å². The van der Waals surface area contributed by atoms with E-state index in [0.29, 0.717) is 52.6 Å². The smallest absolute Gasteiger partial charge is 0.220 e. The van der Waals surface area contributed by atoms with Crippen molar-refractivity contribution in [1.82, 2.24) is 30.5 Å². The van der Waals surface area contributed by atoms with Gasteiger partial charge in [0.2, 0.25) is 11.8 Å². The topological polar surface area (TPSA) is 128 Å². The van der Waals surface area contributed by atoms with Crippen molar-refractivity contribution in [3.63, 3.8) is 0 Å². The van der Waals surface area contributed by atoms with Crippen LogP contribution in [0.25, 0.3) is 32.6 Å².